The standard InChI is InChI=1S/C28H28N2O5/c1-17(2)15-25(26(31)29-24-14-8-7-13-22(24)27(32)33)30-28(34)35-16-23-20-11-5-3-9-18(20)19-10-4-6-12-21(19)23/h3-14,17,23,25H,15-16H2,1-2H3,(H,29,31)(H,30,34)(H,32,33). The SMILES string of the molecule is CC(C)CC(NC(=O)OCC1c2ccccc2-c2ccccc21)C(=O)Nc1ccccc1C(=O)O. The van der Waals surface area contributed by atoms with Gasteiger partial charge in [-0.15, -0.1) is 0 Å². The number of carboxylic acid groups (broad SMARTS) is 1. The number of hydrogen-bond donors (Lipinski definition) is 3. The lowest BCUT2D eigenvalue weighted by Crippen LogP contribution is -2.45. The predicted molar refractivity (Wildman–Crippen MR) is 133 cm³/mol. The van der Waals surface area contributed by atoms with Gasteiger partial charge in [-0.05, 0) is 46.7 Å². The van der Waals surface area contributed by atoms with Gasteiger partial charge in [0.1, 0.15) is 12.6 Å². The normalized spacial score (nSPS) is 13.0. The van der Waals surface area contributed by atoms with Crippen LogP contribution >= 0.6 is 0 Å². The number of fused-ring (bicyclic) bond motifs is 3. The van der Waals surface area contributed by atoms with Gasteiger partial charge in [0.2, 0.25) is 5.91 Å². The van der Waals surface area contributed by atoms with Crippen LogP contribution in [0.3, 0.4) is 0 Å². The predicted octanol–water partition coefficient (Wildman–Crippen LogP) is 5.28. The summed E-state index contributed by atoms with van der Waals surface area (Å²) in [6, 6.07) is 21.4. The fourth-order valence-electron chi connectivity index (χ4n) is 4.48. The van der Waals surface area contributed by atoms with E-state index in [9.17, 15) is 19.5 Å². The van der Waals surface area contributed by atoms with Crippen LogP contribution < -0.4 is 10.6 Å². The Morgan fingerprint density at radius 1 is 0.886 bits per heavy atom. The molecule has 0 saturated heterocycles. The number of rotatable bonds is 8. The topological polar surface area (TPSA) is 105 Å². The van der Waals surface area contributed by atoms with E-state index in [4.69, 9.17) is 4.74 Å². The van der Waals surface area contributed by atoms with Crippen LogP contribution in [-0.2, 0) is 9.53 Å². The molecule has 0 aliphatic heterocycles. The molecule has 3 aromatic rings. The van der Waals surface area contributed by atoms with E-state index in [2.05, 4.69) is 22.8 Å². The molecular formula is C28H28N2O5. The Bertz CT molecular complexity index is 1210. The van der Waals surface area contributed by atoms with Gasteiger partial charge in [-0.3, -0.25) is 4.79 Å². The highest BCUT2D eigenvalue weighted by molar-refractivity contribution is 6.02. The van der Waals surface area contributed by atoms with Gasteiger partial charge in [0, 0.05) is 5.92 Å². The molecule has 3 N–H and O–H groups in total. The van der Waals surface area contributed by atoms with Crippen LogP contribution in [-0.4, -0.2) is 35.7 Å². The second-order valence-electron chi connectivity index (χ2n) is 8.99. The summed E-state index contributed by atoms with van der Waals surface area (Å²) in [5.41, 5.74) is 4.61. The van der Waals surface area contributed by atoms with E-state index in [1.807, 2.05) is 50.2 Å². The Kier molecular flexibility index (Phi) is 7.15. The molecule has 0 radical (unpaired) electrons. The first kappa shape index (κ1) is 24.0. The smallest absolute Gasteiger partial charge is 0.407 e. The monoisotopic (exact) mass is 472 g/mol. The number of alkyl carbamates (subject to hydrolysis) is 1. The highest BCUT2D eigenvalue weighted by Crippen LogP contribution is 2.44. The molecule has 0 heterocycles. The minimum absolute atomic E-state index is 0.0229. The van der Waals surface area contributed by atoms with E-state index in [1.54, 1.807) is 12.1 Å². The molecule has 7 heteroatoms. The fourth-order valence-corrected chi connectivity index (χ4v) is 4.48. The van der Waals surface area contributed by atoms with Gasteiger partial charge < -0.3 is 20.5 Å². The van der Waals surface area contributed by atoms with Crippen molar-refractivity contribution in [3.05, 3.63) is 89.5 Å². The summed E-state index contributed by atoms with van der Waals surface area (Å²) in [5, 5.41) is 14.7. The maximum Gasteiger partial charge on any atom is 0.407 e. The number of benzene rings is 3. The number of aromatic carboxylic acids is 1. The van der Waals surface area contributed by atoms with Gasteiger partial charge in [0.15, 0.2) is 0 Å². The van der Waals surface area contributed by atoms with Gasteiger partial charge >= 0.3 is 12.1 Å². The summed E-state index contributed by atoms with van der Waals surface area (Å²) in [5.74, 6) is -1.63. The van der Waals surface area contributed by atoms with E-state index in [-0.39, 0.29) is 29.7 Å². The van der Waals surface area contributed by atoms with Crippen molar-refractivity contribution in [3.63, 3.8) is 0 Å². The molecule has 7 nitrogen and oxygen atoms in total. The first-order valence-electron chi connectivity index (χ1n) is 11.6. The van der Waals surface area contributed by atoms with Gasteiger partial charge in [-0.25, -0.2) is 9.59 Å². The number of carbonyl (C=O) groups excluding carboxylic acids is 2. The Balaban J connectivity index is 1.44. The largest absolute Gasteiger partial charge is 0.478 e. The van der Waals surface area contributed by atoms with Gasteiger partial charge in [-0.1, -0.05) is 74.5 Å². The molecule has 4 rings (SSSR count). The average Bonchev–Trinajstić information content (AvgIpc) is 3.16. The number of carbonyl (C=O) groups is 3. The van der Waals surface area contributed by atoms with E-state index in [1.165, 1.54) is 12.1 Å². The van der Waals surface area contributed by atoms with Crippen LogP contribution in [0.1, 0.15) is 47.7 Å². The number of hydrogen-bond acceptors (Lipinski definition) is 4. The third kappa shape index (κ3) is 5.35. The lowest BCUT2D eigenvalue weighted by atomic mass is 9.98. The summed E-state index contributed by atoms with van der Waals surface area (Å²) in [4.78, 5) is 37.2. The number of ether oxygens (including phenoxy) is 1. The molecule has 3 aromatic carbocycles. The van der Waals surface area contributed by atoms with E-state index in [0.717, 1.165) is 22.3 Å². The number of amides is 2. The fraction of sp³-hybridized carbons (Fsp3) is 0.250. The Hall–Kier alpha value is -4.13. The van der Waals surface area contributed by atoms with Gasteiger partial charge in [-0.2, -0.15) is 0 Å². The summed E-state index contributed by atoms with van der Waals surface area (Å²) >= 11 is 0. The molecule has 0 spiro atoms. The molecule has 1 aliphatic carbocycles. The first-order chi connectivity index (χ1) is 16.8. The lowest BCUT2D eigenvalue weighted by molar-refractivity contribution is -0.118. The second kappa shape index (κ2) is 10.4. The minimum Gasteiger partial charge on any atom is -0.478 e. The first-order valence-corrected chi connectivity index (χ1v) is 11.6. The van der Waals surface area contributed by atoms with Crippen molar-refractivity contribution < 1.29 is 24.2 Å². The number of para-hydroxylation sites is 1. The molecular weight excluding hydrogens is 444 g/mol. The number of carboxylic acids is 1. The molecule has 1 unspecified atom stereocenters. The maximum atomic E-state index is 13.0. The highest BCUT2D eigenvalue weighted by atomic mass is 16.5. The summed E-state index contributed by atoms with van der Waals surface area (Å²) < 4.78 is 5.59. The summed E-state index contributed by atoms with van der Waals surface area (Å²) in [7, 11) is 0. The van der Waals surface area contributed by atoms with E-state index >= 15 is 0 Å². The lowest BCUT2D eigenvalue weighted by Gasteiger charge is -2.21. The van der Waals surface area contributed by atoms with Crippen LogP contribution in [0.25, 0.3) is 11.1 Å². The molecule has 1 atom stereocenters. The van der Waals surface area contributed by atoms with Crippen LogP contribution in [0.15, 0.2) is 72.8 Å². The Morgan fingerprint density at radius 3 is 2.06 bits per heavy atom. The Labute approximate surface area is 204 Å². The number of anilines is 1. The minimum atomic E-state index is -1.15. The molecule has 1 aliphatic rings. The number of nitrogens with one attached hydrogen (secondary N) is 2. The van der Waals surface area contributed by atoms with Crippen molar-refractivity contribution in [1.82, 2.24) is 5.32 Å². The van der Waals surface area contributed by atoms with Crippen molar-refractivity contribution in [1.29, 1.82) is 0 Å². The molecule has 0 aromatic heterocycles. The van der Waals surface area contributed by atoms with Gasteiger partial charge in [0.05, 0.1) is 11.3 Å². The van der Waals surface area contributed by atoms with Crippen molar-refractivity contribution in [3.8, 4) is 11.1 Å². The highest BCUT2D eigenvalue weighted by Gasteiger charge is 2.30. The van der Waals surface area contributed by atoms with Crippen LogP contribution in [0.2, 0.25) is 0 Å². The van der Waals surface area contributed by atoms with E-state index in [0.29, 0.717) is 6.42 Å². The van der Waals surface area contributed by atoms with Crippen LogP contribution in [0.4, 0.5) is 10.5 Å². The molecule has 35 heavy (non-hydrogen) atoms. The Morgan fingerprint density at radius 2 is 1.46 bits per heavy atom. The molecule has 2 amide bonds. The zero-order valence-electron chi connectivity index (χ0n) is 19.7. The van der Waals surface area contributed by atoms with Crippen molar-refractivity contribution in [2.45, 2.75) is 32.2 Å². The van der Waals surface area contributed by atoms with Crippen molar-refractivity contribution >= 4 is 23.7 Å². The third-order valence-electron chi connectivity index (χ3n) is 6.07. The average molecular weight is 473 g/mol. The zero-order chi connectivity index (χ0) is 24.9. The van der Waals surface area contributed by atoms with Gasteiger partial charge in [0.25, 0.3) is 0 Å². The second-order valence-corrected chi connectivity index (χ2v) is 8.99. The molecule has 0 fully saturated rings. The summed E-state index contributed by atoms with van der Waals surface area (Å²) in [6.07, 6.45) is -0.329. The molecule has 180 valence electrons. The third-order valence-corrected chi connectivity index (χ3v) is 6.07. The zero-order valence-corrected chi connectivity index (χ0v) is 19.7. The maximum absolute atomic E-state index is 13.0. The summed E-state index contributed by atoms with van der Waals surface area (Å²) in [6.45, 7) is 4.01. The van der Waals surface area contributed by atoms with Crippen molar-refractivity contribution in [2.24, 2.45) is 5.92 Å². The van der Waals surface area contributed by atoms with Crippen LogP contribution in [0.5, 0.6) is 0 Å². The quantitative estimate of drug-likeness (QED) is 0.414. The van der Waals surface area contributed by atoms with Crippen LogP contribution in [0, 0.1) is 5.92 Å². The molecule has 0 bridgehead atoms. The molecule has 0 saturated carbocycles. The van der Waals surface area contributed by atoms with Crippen molar-refractivity contribution in [2.75, 3.05) is 11.9 Å². The van der Waals surface area contributed by atoms with E-state index < -0.39 is 24.0 Å².